The molecule has 1 aliphatic heterocycles. The van der Waals surface area contributed by atoms with Gasteiger partial charge < -0.3 is 9.80 Å². The van der Waals surface area contributed by atoms with Crippen LogP contribution in [-0.4, -0.2) is 24.0 Å². The minimum atomic E-state index is -1.82. The summed E-state index contributed by atoms with van der Waals surface area (Å²) in [6.07, 6.45) is 0.803. The molecule has 0 spiro atoms. The average molecular weight is 597 g/mol. The van der Waals surface area contributed by atoms with Crippen molar-refractivity contribution in [2.45, 2.75) is 41.5 Å². The molecule has 1 fully saturated rings. The Kier molecular flexibility index (Phi) is 9.70. The van der Waals surface area contributed by atoms with Gasteiger partial charge in [-0.1, -0.05) is 35.4 Å². The fourth-order valence-electron chi connectivity index (χ4n) is 4.76. The number of hydrogen-bond donors (Lipinski definition) is 0. The van der Waals surface area contributed by atoms with E-state index < -0.39 is 13.5 Å². The molecule has 1 heterocycles. The van der Waals surface area contributed by atoms with Crippen molar-refractivity contribution in [3.8, 4) is 0 Å². The van der Waals surface area contributed by atoms with Crippen molar-refractivity contribution in [1.82, 2.24) is 0 Å². The quantitative estimate of drug-likeness (QED) is 0.231. The first-order chi connectivity index (χ1) is 16.6. The Labute approximate surface area is 223 Å². The van der Waals surface area contributed by atoms with Gasteiger partial charge in [-0.2, -0.15) is 0 Å². The summed E-state index contributed by atoms with van der Waals surface area (Å²) in [6.45, 7) is 18.7. The third kappa shape index (κ3) is 7.03. The summed E-state index contributed by atoms with van der Waals surface area (Å²) in [5, 5.41) is 0. The van der Waals surface area contributed by atoms with Gasteiger partial charge in [0.2, 0.25) is 6.67 Å². The Morgan fingerprint density at radius 1 is 0.743 bits per heavy atom. The maximum absolute atomic E-state index is 10.5. The summed E-state index contributed by atoms with van der Waals surface area (Å²) in [5.74, 6) is 0. The summed E-state index contributed by atoms with van der Waals surface area (Å²) < 4.78 is 1.76. The summed E-state index contributed by atoms with van der Waals surface area (Å²) in [4.78, 5) is 15.1. The first kappa shape index (κ1) is 27.6. The zero-order chi connectivity index (χ0) is 25.7. The molecule has 1 saturated heterocycles. The summed E-state index contributed by atoms with van der Waals surface area (Å²) in [6, 6.07) is 16.3. The van der Waals surface area contributed by atoms with Gasteiger partial charge in [0.05, 0.1) is 0 Å². The van der Waals surface area contributed by atoms with Crippen LogP contribution in [0.1, 0.15) is 49.3 Å². The Bertz CT molecular complexity index is 1140. The Hall–Kier alpha value is -2.00. The van der Waals surface area contributed by atoms with Crippen LogP contribution in [0.4, 0.5) is 11.4 Å². The van der Waals surface area contributed by atoms with E-state index in [2.05, 4.69) is 82.3 Å². The first-order valence-corrected chi connectivity index (χ1v) is 16.9. The van der Waals surface area contributed by atoms with Gasteiger partial charge in [0.15, 0.2) is 0 Å². The van der Waals surface area contributed by atoms with Crippen LogP contribution in [0.25, 0.3) is 0 Å². The van der Waals surface area contributed by atoms with Crippen LogP contribution >= 0.6 is 19.4 Å². The molecule has 2 radical (unpaired) electrons. The zero-order valence-corrected chi connectivity index (χ0v) is 24.3. The van der Waals surface area contributed by atoms with E-state index in [9.17, 15) is 4.79 Å². The van der Waals surface area contributed by atoms with Crippen LogP contribution in [0.3, 0.4) is 0 Å². The summed E-state index contributed by atoms with van der Waals surface area (Å²) in [5.41, 5.74) is 12.0. The molecule has 0 unspecified atom stereocenters. The van der Waals surface area contributed by atoms with Gasteiger partial charge in [0.25, 0.3) is 0 Å². The van der Waals surface area contributed by atoms with Gasteiger partial charge >= 0.3 is 84.0 Å². The van der Waals surface area contributed by atoms with Crippen molar-refractivity contribution >= 4 is 41.7 Å². The number of benzene rings is 3. The van der Waals surface area contributed by atoms with Crippen LogP contribution in [0.2, 0.25) is 0 Å². The van der Waals surface area contributed by atoms with Crippen molar-refractivity contribution in [2.24, 2.45) is 0 Å². The van der Waals surface area contributed by atoms with Gasteiger partial charge in [-0.3, -0.25) is 0 Å². The van der Waals surface area contributed by atoms with Crippen molar-refractivity contribution in [3.63, 3.8) is 0 Å². The molecule has 3 nitrogen and oxygen atoms in total. The second-order valence-corrected chi connectivity index (χ2v) is 14.7. The van der Waals surface area contributed by atoms with Crippen LogP contribution in [0.5, 0.6) is 0 Å². The number of hydrogen-bond acceptors (Lipinski definition) is 3. The third-order valence-electron chi connectivity index (χ3n) is 5.91. The van der Waals surface area contributed by atoms with Gasteiger partial charge in [-0.05, 0) is 63.8 Å². The SMILES string of the molecule is Cc1cc(C)c(N2[C]N(c3c(C)cc(C)cc3C)CC2)c(C)c1.O=Cc1ccccc1[CH]=[Ru]([Cl])[Cl]. The van der Waals surface area contributed by atoms with E-state index in [4.69, 9.17) is 19.4 Å². The molecule has 0 bridgehead atoms. The number of aldehydes is 1. The monoisotopic (exact) mass is 596 g/mol. The van der Waals surface area contributed by atoms with Gasteiger partial charge in [0.1, 0.15) is 0 Å². The third-order valence-corrected chi connectivity index (χ3v) is 7.74. The fourth-order valence-corrected chi connectivity index (χ4v) is 6.61. The molecule has 4 rings (SSSR count). The Morgan fingerprint density at radius 2 is 1.14 bits per heavy atom. The van der Waals surface area contributed by atoms with E-state index in [0.29, 0.717) is 5.56 Å². The van der Waals surface area contributed by atoms with Crippen LogP contribution in [0.15, 0.2) is 48.5 Å². The average Bonchev–Trinajstić information content (AvgIpc) is 3.21. The van der Waals surface area contributed by atoms with Crippen LogP contribution < -0.4 is 9.80 Å². The molecule has 3 aromatic carbocycles. The number of nitrogens with zero attached hydrogens (tertiary/aromatic N) is 2. The van der Waals surface area contributed by atoms with Gasteiger partial charge in [0, 0.05) is 24.5 Å². The van der Waals surface area contributed by atoms with Crippen LogP contribution in [0, 0.1) is 48.2 Å². The fraction of sp³-hybridized carbons (Fsp3) is 0.276. The van der Waals surface area contributed by atoms with E-state index in [-0.39, 0.29) is 0 Å². The molecule has 0 aromatic heterocycles. The number of carbonyl (C=O) groups excluding carboxylic acids is 1. The normalized spacial score (nSPS) is 13.3. The van der Waals surface area contributed by atoms with Crippen molar-refractivity contribution < 1.29 is 18.3 Å². The number of halogens is 2. The Balaban J connectivity index is 0.000000241. The molecule has 0 N–H and O–H groups in total. The predicted molar refractivity (Wildman–Crippen MR) is 148 cm³/mol. The molecule has 0 aliphatic carbocycles. The molecule has 0 atom stereocenters. The van der Waals surface area contributed by atoms with E-state index >= 15 is 0 Å². The molecule has 0 saturated carbocycles. The molecule has 3 aromatic rings. The molecule has 35 heavy (non-hydrogen) atoms. The predicted octanol–water partition coefficient (Wildman–Crippen LogP) is 7.44. The topological polar surface area (TPSA) is 23.6 Å². The van der Waals surface area contributed by atoms with E-state index in [0.717, 1.165) is 24.9 Å². The van der Waals surface area contributed by atoms with Crippen molar-refractivity contribution in [2.75, 3.05) is 22.9 Å². The van der Waals surface area contributed by atoms with E-state index in [1.165, 1.54) is 44.8 Å². The summed E-state index contributed by atoms with van der Waals surface area (Å²) in [7, 11) is 11.4. The second-order valence-electron chi connectivity index (χ2n) is 8.95. The molecule has 1 aliphatic rings. The molecular formula is C29H32Cl2N2ORu. The Morgan fingerprint density at radius 3 is 1.51 bits per heavy atom. The van der Waals surface area contributed by atoms with Crippen LogP contribution in [-0.2, 0) is 13.5 Å². The second kappa shape index (κ2) is 12.3. The standard InChI is InChI=1S/C21H26N2.C8H6O.2ClH.Ru/c1-14-9-16(3)20(17(4)10-14)22-7-8-23(13-22)21-18(5)11-15(2)12-19(21)6;1-7-4-2-3-5-8(7)6-9;;;/h9-12H,7-8H2,1-6H3;1-6H;2*1H;/q;;;;+2/p-2. The maximum atomic E-state index is 10.5. The number of aryl methyl sites for hydroxylation is 6. The number of carbonyl (C=O) groups is 1. The first-order valence-electron chi connectivity index (χ1n) is 11.4. The molecule has 6 heteroatoms. The summed E-state index contributed by atoms with van der Waals surface area (Å²) >= 11 is -1.82. The number of anilines is 2. The molecular weight excluding hydrogens is 564 g/mol. The molecule has 186 valence electrons. The van der Waals surface area contributed by atoms with Crippen molar-refractivity contribution in [3.05, 3.63) is 99.7 Å². The van der Waals surface area contributed by atoms with Crippen molar-refractivity contribution in [1.29, 1.82) is 0 Å². The zero-order valence-electron chi connectivity index (χ0n) is 21.1. The van der Waals surface area contributed by atoms with E-state index in [1.807, 2.05) is 12.1 Å². The minimum absolute atomic E-state index is 0.637. The molecule has 0 amide bonds. The number of rotatable bonds is 4. The van der Waals surface area contributed by atoms with E-state index in [1.54, 1.807) is 16.7 Å². The van der Waals surface area contributed by atoms with Gasteiger partial charge in [-0.15, -0.1) is 0 Å². The van der Waals surface area contributed by atoms with Gasteiger partial charge in [-0.25, -0.2) is 0 Å².